The summed E-state index contributed by atoms with van der Waals surface area (Å²) in [5.74, 6) is 0.952. The van der Waals surface area contributed by atoms with Crippen LogP contribution in [-0.4, -0.2) is 7.11 Å². The number of hydrogen-bond donors (Lipinski definition) is 0. The van der Waals surface area contributed by atoms with Crippen molar-refractivity contribution < 1.29 is 55.8 Å². The van der Waals surface area contributed by atoms with Crippen molar-refractivity contribution in [1.82, 2.24) is 0 Å². The van der Waals surface area contributed by atoms with Gasteiger partial charge in [-0.25, -0.2) is 0 Å². The van der Waals surface area contributed by atoms with Gasteiger partial charge in [-0.15, -0.1) is 34.4 Å². The number of rotatable bonds is 1. The maximum Gasteiger partial charge on any atom is 3.00 e. The van der Waals surface area contributed by atoms with Crippen LogP contribution in [0, 0.1) is 0 Å². The quantitative estimate of drug-likeness (QED) is 0.446. The van der Waals surface area contributed by atoms with Gasteiger partial charge in [-0.05, 0) is 6.07 Å². The van der Waals surface area contributed by atoms with Crippen LogP contribution in [-0.2, 0) is 26.2 Å². The van der Waals surface area contributed by atoms with E-state index >= 15 is 0 Å². The summed E-state index contributed by atoms with van der Waals surface area (Å²) in [5, 5.41) is 5.01. The van der Waals surface area contributed by atoms with E-state index in [1.165, 1.54) is 21.5 Å². The third-order valence-electron chi connectivity index (χ3n) is 2.82. The Morgan fingerprint density at radius 1 is 0.889 bits per heavy atom. The molecule has 0 aliphatic rings. The van der Waals surface area contributed by atoms with E-state index in [0.717, 1.165) is 5.75 Å². The van der Waals surface area contributed by atoms with Crippen molar-refractivity contribution in [3.8, 4) is 5.75 Å². The van der Waals surface area contributed by atoms with Crippen LogP contribution in [0.1, 0.15) is 0 Å². The summed E-state index contributed by atoms with van der Waals surface area (Å²) in [5.41, 5.74) is 0. The van der Waals surface area contributed by atoms with Crippen molar-refractivity contribution in [3.05, 3.63) is 48.5 Å². The van der Waals surface area contributed by atoms with Crippen LogP contribution in [0.3, 0.4) is 0 Å². The first-order valence-electron chi connectivity index (χ1n) is 5.01. The number of methoxy groups -OCH3 is 1. The Balaban J connectivity index is 0.000000963. The van der Waals surface area contributed by atoms with E-state index in [1.807, 2.05) is 12.1 Å². The smallest absolute Gasteiger partial charge is 1.00 e. The predicted octanol–water partition coefficient (Wildman–Crippen LogP) is -2.27. The van der Waals surface area contributed by atoms with Gasteiger partial charge < -0.3 is 29.6 Å². The number of halogens is 2. The fourth-order valence-corrected chi connectivity index (χ4v) is 2.14. The minimum atomic E-state index is 0. The van der Waals surface area contributed by atoms with E-state index in [4.69, 9.17) is 4.74 Å². The summed E-state index contributed by atoms with van der Waals surface area (Å²) >= 11 is 0. The Kier molecular flexibility index (Phi) is 7.06. The monoisotopic (exact) mass is 355 g/mol. The fraction of sp³-hybridized carbons (Fsp3) is 0.0714. The van der Waals surface area contributed by atoms with Gasteiger partial charge in [0, 0.05) is 0 Å². The summed E-state index contributed by atoms with van der Waals surface area (Å²) < 4.78 is 5.39. The molecule has 0 aromatic heterocycles. The molecule has 1 radical (unpaired) electrons. The molecule has 4 heteroatoms. The molecule has 0 saturated carbocycles. The molecule has 91 valence electrons. The minimum Gasteiger partial charge on any atom is -1.00 e. The summed E-state index contributed by atoms with van der Waals surface area (Å²) in [6, 6.07) is 16.8. The molecule has 0 fully saturated rings. The first-order chi connectivity index (χ1) is 7.40. The Bertz CT molecular complexity index is 634. The Morgan fingerprint density at radius 3 is 2.28 bits per heavy atom. The van der Waals surface area contributed by atoms with E-state index in [9.17, 15) is 0 Å². The zero-order chi connectivity index (χ0) is 10.3. The molecule has 0 atom stereocenters. The molecule has 0 aliphatic carbocycles. The normalized spacial score (nSPS) is 9.17. The average molecular weight is 357 g/mol. The molecule has 0 spiro atoms. The molecule has 0 bridgehead atoms. The molecule has 18 heavy (non-hydrogen) atoms. The zero-order valence-electron chi connectivity index (χ0n) is 9.78. The van der Waals surface area contributed by atoms with Gasteiger partial charge in [-0.1, -0.05) is 29.7 Å². The van der Waals surface area contributed by atoms with Gasteiger partial charge in [0.25, 0.3) is 0 Å². The number of fused-ring (bicyclic) bond motifs is 3. The maximum absolute atomic E-state index is 5.39. The van der Waals surface area contributed by atoms with Crippen LogP contribution in [0.15, 0.2) is 48.5 Å². The van der Waals surface area contributed by atoms with Crippen molar-refractivity contribution in [2.24, 2.45) is 0 Å². The molecule has 0 amide bonds. The van der Waals surface area contributed by atoms with Gasteiger partial charge in [0.1, 0.15) is 0 Å². The van der Waals surface area contributed by atoms with Crippen molar-refractivity contribution in [3.63, 3.8) is 0 Å². The van der Waals surface area contributed by atoms with Crippen LogP contribution in [0.5, 0.6) is 5.75 Å². The van der Waals surface area contributed by atoms with E-state index in [-0.39, 0.29) is 51.0 Å². The summed E-state index contributed by atoms with van der Waals surface area (Å²) in [7, 11) is 1.72. The minimum absolute atomic E-state index is 0. The predicted molar refractivity (Wildman–Crippen MR) is 63.6 cm³/mol. The molecular formula is C14H11Cl2OZr. The largest absolute Gasteiger partial charge is 3.00 e. The van der Waals surface area contributed by atoms with Gasteiger partial charge in [0.2, 0.25) is 0 Å². The van der Waals surface area contributed by atoms with Crippen molar-refractivity contribution in [2.75, 3.05) is 7.11 Å². The second kappa shape index (κ2) is 7.23. The number of benzene rings is 2. The van der Waals surface area contributed by atoms with E-state index in [0.29, 0.717) is 0 Å². The molecule has 0 unspecified atom stereocenters. The second-order valence-corrected chi connectivity index (χ2v) is 3.66. The zero-order valence-corrected chi connectivity index (χ0v) is 13.8. The Morgan fingerprint density at radius 2 is 1.56 bits per heavy atom. The van der Waals surface area contributed by atoms with E-state index in [1.54, 1.807) is 7.11 Å². The van der Waals surface area contributed by atoms with E-state index < -0.39 is 0 Å². The molecule has 3 aromatic rings. The van der Waals surface area contributed by atoms with Crippen LogP contribution in [0.2, 0.25) is 0 Å². The van der Waals surface area contributed by atoms with Crippen LogP contribution in [0.4, 0.5) is 0 Å². The summed E-state index contributed by atoms with van der Waals surface area (Å²) in [6.07, 6.45) is 0. The number of hydrogen-bond acceptors (Lipinski definition) is 1. The molecule has 0 saturated heterocycles. The molecular weight excluding hydrogens is 346 g/mol. The van der Waals surface area contributed by atoms with Crippen molar-refractivity contribution in [2.45, 2.75) is 0 Å². The van der Waals surface area contributed by atoms with Gasteiger partial charge in [-0.2, -0.15) is 0 Å². The standard InChI is InChI=1S/C14H11O.2ClH.Zr/c1-15-13-8-4-6-11-9-10-5-2-3-7-12(10)14(11)13;;;/h2-9H,1H3;2*1H;/q-1;;;+3/p-2. The molecule has 0 heterocycles. The van der Waals surface area contributed by atoms with Crippen LogP contribution < -0.4 is 29.6 Å². The van der Waals surface area contributed by atoms with E-state index in [2.05, 4.69) is 36.4 Å². The number of ether oxygens (including phenoxy) is 1. The van der Waals surface area contributed by atoms with Crippen molar-refractivity contribution in [1.29, 1.82) is 0 Å². The third-order valence-corrected chi connectivity index (χ3v) is 2.82. The Hall–Kier alpha value is -0.427. The molecule has 0 aliphatic heterocycles. The topological polar surface area (TPSA) is 9.23 Å². The first-order valence-corrected chi connectivity index (χ1v) is 5.01. The molecule has 0 N–H and O–H groups in total. The molecule has 3 aromatic carbocycles. The van der Waals surface area contributed by atoms with Gasteiger partial charge in [-0.3, -0.25) is 0 Å². The van der Waals surface area contributed by atoms with Crippen LogP contribution in [0.25, 0.3) is 21.5 Å². The third kappa shape index (κ3) is 2.77. The molecule has 1 nitrogen and oxygen atoms in total. The molecule has 3 rings (SSSR count). The van der Waals surface area contributed by atoms with Crippen molar-refractivity contribution >= 4 is 21.5 Å². The second-order valence-electron chi connectivity index (χ2n) is 3.66. The maximum atomic E-state index is 5.39. The van der Waals surface area contributed by atoms with Gasteiger partial charge >= 0.3 is 26.2 Å². The first kappa shape index (κ1) is 17.6. The van der Waals surface area contributed by atoms with Gasteiger partial charge in [0.15, 0.2) is 0 Å². The van der Waals surface area contributed by atoms with Crippen LogP contribution >= 0.6 is 0 Å². The SMILES string of the molecule is COc1cccc2[cH-]c3ccccc3c12.[Cl-].[Cl-].[Zr+3]. The summed E-state index contributed by atoms with van der Waals surface area (Å²) in [6.45, 7) is 0. The fourth-order valence-electron chi connectivity index (χ4n) is 2.14. The average Bonchev–Trinajstić information content (AvgIpc) is 2.67. The van der Waals surface area contributed by atoms with Gasteiger partial charge in [0.05, 0.1) is 12.9 Å². The summed E-state index contributed by atoms with van der Waals surface area (Å²) in [4.78, 5) is 0. The Labute approximate surface area is 138 Å².